The number of sulfonamides is 1. The van der Waals surface area contributed by atoms with E-state index >= 15 is 0 Å². The normalized spacial score (nSPS) is 28.3. The standard InChI is InChI=1S/C41H53N5O9S/c1-40(21-22-40)56(52,53)45-38(49)41-24-27(41)14-8-4-3-5-10-18-32(43-39(50)51)37(48)46-25-28(23-33(46)35(47)44-41)55-36-30(16-9-6-7-13-26-19-20-26)34(54-2)29-15-11-12-17-31(29)42-36/h8-9,11-12,14-17,26-28,32-33,43H,3-7,10,13,18-25H2,1-2H3,(H,44,47)(H,45,49)(H,50,51)/b14-8-,16-9+/t27-,28-,32+,33+,41-/m1/s1. The molecule has 1 saturated heterocycles. The van der Waals surface area contributed by atoms with Crippen molar-refractivity contribution in [3.8, 4) is 11.6 Å². The number of para-hydroxylation sites is 1. The number of nitrogens with one attached hydrogen (secondary N) is 3. The Morgan fingerprint density at radius 1 is 1.12 bits per heavy atom. The number of pyridine rings is 1. The molecular formula is C41H53N5O9S. The van der Waals surface area contributed by atoms with Crippen LogP contribution in [0.15, 0.2) is 42.5 Å². The summed E-state index contributed by atoms with van der Waals surface area (Å²) < 4.78 is 40.1. The SMILES string of the molecule is COc1c(/C=C/CCCC2CC2)c(O[C@@H]2C[C@H]3C(=O)N[C@]4(C(=O)NS(=O)(=O)C5(C)CC5)C[C@H]4/C=C\CCCCC[C@H](NC(=O)O)C(=O)N3C2)nc2ccccc12. The fourth-order valence-electron chi connectivity index (χ4n) is 8.02. The molecule has 4 amide bonds. The Bertz CT molecular complexity index is 2030. The van der Waals surface area contributed by atoms with Crippen LogP contribution in [0.1, 0.15) is 102 Å². The lowest BCUT2D eigenvalue weighted by atomic mass is 10.1. The van der Waals surface area contributed by atoms with E-state index < -0.39 is 68.2 Å². The van der Waals surface area contributed by atoms with Crippen molar-refractivity contribution >= 4 is 50.8 Å². The van der Waals surface area contributed by atoms with Gasteiger partial charge in [0.25, 0.3) is 5.91 Å². The van der Waals surface area contributed by atoms with E-state index in [9.17, 15) is 32.7 Å². The van der Waals surface area contributed by atoms with E-state index in [0.717, 1.165) is 37.0 Å². The number of methoxy groups -OCH3 is 1. The van der Waals surface area contributed by atoms with Gasteiger partial charge in [0.15, 0.2) is 0 Å². The number of unbranched alkanes of at least 4 members (excludes halogenated alkanes) is 1. The molecule has 0 bridgehead atoms. The number of rotatable bonds is 12. The summed E-state index contributed by atoms with van der Waals surface area (Å²) in [6.45, 7) is 1.52. The van der Waals surface area contributed by atoms with Gasteiger partial charge in [0, 0.05) is 17.7 Å². The predicted octanol–water partition coefficient (Wildman–Crippen LogP) is 5.22. The lowest BCUT2D eigenvalue weighted by molar-refractivity contribution is -0.141. The number of hydrogen-bond acceptors (Lipinski definition) is 9. The zero-order valence-corrected chi connectivity index (χ0v) is 32.9. The first-order valence-corrected chi connectivity index (χ1v) is 21.5. The molecule has 56 heavy (non-hydrogen) atoms. The van der Waals surface area contributed by atoms with E-state index in [1.807, 2.05) is 42.5 Å². The van der Waals surface area contributed by atoms with E-state index in [2.05, 4.69) is 21.4 Å². The monoisotopic (exact) mass is 791 g/mol. The molecule has 3 aliphatic carbocycles. The Balaban J connectivity index is 1.19. The van der Waals surface area contributed by atoms with Crippen LogP contribution in [0.3, 0.4) is 0 Å². The van der Waals surface area contributed by atoms with Gasteiger partial charge in [-0.1, -0.05) is 62.5 Å². The van der Waals surface area contributed by atoms with Crippen molar-refractivity contribution < 1.29 is 42.2 Å². The molecule has 5 aliphatic rings. The van der Waals surface area contributed by atoms with Crippen LogP contribution in [-0.4, -0.2) is 89.4 Å². The fourth-order valence-corrected chi connectivity index (χ4v) is 9.33. The summed E-state index contributed by atoms with van der Waals surface area (Å²) >= 11 is 0. The van der Waals surface area contributed by atoms with E-state index in [0.29, 0.717) is 42.5 Å². The molecule has 1 aromatic heterocycles. The number of carbonyl (C=O) groups is 4. The molecule has 1 aromatic carbocycles. The van der Waals surface area contributed by atoms with Crippen LogP contribution in [-0.2, 0) is 24.4 Å². The second-order valence-electron chi connectivity index (χ2n) is 16.4. The van der Waals surface area contributed by atoms with Gasteiger partial charge in [0.1, 0.15) is 29.5 Å². The van der Waals surface area contributed by atoms with Crippen LogP contribution in [0, 0.1) is 11.8 Å². The van der Waals surface area contributed by atoms with Gasteiger partial charge in [-0.3, -0.25) is 19.1 Å². The van der Waals surface area contributed by atoms with Gasteiger partial charge in [-0.05, 0) is 82.4 Å². The Hall–Kier alpha value is -4.66. The molecule has 0 unspecified atom stereocenters. The lowest BCUT2D eigenvalue weighted by Crippen LogP contribution is -2.58. The smallest absolute Gasteiger partial charge is 0.405 e. The van der Waals surface area contributed by atoms with Crippen LogP contribution in [0.25, 0.3) is 17.0 Å². The number of nitrogens with zero attached hydrogens (tertiary/aromatic N) is 2. The average molecular weight is 792 g/mol. The zero-order chi connectivity index (χ0) is 39.7. The number of benzene rings is 1. The summed E-state index contributed by atoms with van der Waals surface area (Å²) in [5.41, 5.74) is -0.283. The number of aromatic nitrogens is 1. The summed E-state index contributed by atoms with van der Waals surface area (Å²) in [6, 6.07) is 5.25. The van der Waals surface area contributed by atoms with Gasteiger partial charge in [-0.2, -0.15) is 0 Å². The number of carboxylic acid groups (broad SMARTS) is 1. The minimum absolute atomic E-state index is 0.00725. The lowest BCUT2D eigenvalue weighted by Gasteiger charge is -2.29. The van der Waals surface area contributed by atoms with Crippen molar-refractivity contribution in [3.63, 3.8) is 0 Å². The first kappa shape index (κ1) is 39.6. The molecule has 2 aromatic rings. The van der Waals surface area contributed by atoms with Crippen LogP contribution < -0.4 is 24.8 Å². The summed E-state index contributed by atoms with van der Waals surface area (Å²) in [7, 11) is -2.41. The highest BCUT2D eigenvalue weighted by Crippen LogP contribution is 2.48. The Kier molecular flexibility index (Phi) is 11.4. The topological polar surface area (TPSA) is 193 Å². The van der Waals surface area contributed by atoms with E-state index in [-0.39, 0.29) is 31.7 Å². The van der Waals surface area contributed by atoms with Gasteiger partial charge in [-0.15, -0.1) is 0 Å². The summed E-state index contributed by atoms with van der Waals surface area (Å²) in [5, 5.41) is 15.7. The third-order valence-electron chi connectivity index (χ3n) is 12.1. The molecule has 5 atom stereocenters. The van der Waals surface area contributed by atoms with Crippen molar-refractivity contribution in [3.05, 3.63) is 48.1 Å². The molecule has 15 heteroatoms. The maximum absolute atomic E-state index is 14.4. The van der Waals surface area contributed by atoms with Crippen LogP contribution in [0.4, 0.5) is 4.79 Å². The molecule has 0 spiro atoms. The number of fused-ring (bicyclic) bond motifs is 3. The number of ether oxygens (including phenoxy) is 2. The molecule has 14 nitrogen and oxygen atoms in total. The molecule has 0 radical (unpaired) electrons. The number of amides is 4. The molecule has 2 aliphatic heterocycles. The third kappa shape index (κ3) is 8.52. The number of hydrogen-bond donors (Lipinski definition) is 4. The summed E-state index contributed by atoms with van der Waals surface area (Å²) in [4.78, 5) is 60.7. The van der Waals surface area contributed by atoms with E-state index in [1.54, 1.807) is 14.0 Å². The molecular weight excluding hydrogens is 739 g/mol. The van der Waals surface area contributed by atoms with Crippen molar-refractivity contribution in [2.24, 2.45) is 11.8 Å². The minimum Gasteiger partial charge on any atom is -0.495 e. The molecule has 302 valence electrons. The van der Waals surface area contributed by atoms with Gasteiger partial charge in [-0.25, -0.2) is 18.2 Å². The zero-order valence-electron chi connectivity index (χ0n) is 32.1. The maximum Gasteiger partial charge on any atom is 0.405 e. The highest BCUT2D eigenvalue weighted by molar-refractivity contribution is 7.91. The first-order valence-electron chi connectivity index (χ1n) is 20.0. The highest BCUT2D eigenvalue weighted by Gasteiger charge is 2.63. The van der Waals surface area contributed by atoms with Crippen LogP contribution in [0.2, 0.25) is 0 Å². The third-order valence-corrected chi connectivity index (χ3v) is 14.2. The van der Waals surface area contributed by atoms with Crippen LogP contribution in [0.5, 0.6) is 11.6 Å². The van der Waals surface area contributed by atoms with Crippen molar-refractivity contribution in [2.75, 3.05) is 13.7 Å². The summed E-state index contributed by atoms with van der Waals surface area (Å²) in [5.74, 6) is -0.839. The fraction of sp³-hybridized carbons (Fsp3) is 0.585. The van der Waals surface area contributed by atoms with Gasteiger partial charge in [0.05, 0.1) is 29.5 Å². The number of carbonyl (C=O) groups excluding carboxylic acids is 3. The van der Waals surface area contributed by atoms with Crippen molar-refractivity contribution in [1.82, 2.24) is 25.2 Å². The van der Waals surface area contributed by atoms with Gasteiger partial charge in [0.2, 0.25) is 27.7 Å². The minimum atomic E-state index is -4.00. The molecule has 3 heterocycles. The average Bonchev–Trinajstić information content (AvgIpc) is 4.11. The Morgan fingerprint density at radius 2 is 1.91 bits per heavy atom. The second-order valence-corrected chi connectivity index (χ2v) is 18.6. The first-order chi connectivity index (χ1) is 26.8. The second kappa shape index (κ2) is 16.1. The summed E-state index contributed by atoms with van der Waals surface area (Å²) in [6.07, 6.45) is 15.4. The molecule has 4 N–H and O–H groups in total. The van der Waals surface area contributed by atoms with E-state index in [1.165, 1.54) is 24.2 Å². The highest BCUT2D eigenvalue weighted by atomic mass is 32.2. The number of allylic oxidation sites excluding steroid dienone is 2. The van der Waals surface area contributed by atoms with E-state index in [4.69, 9.17) is 14.5 Å². The maximum atomic E-state index is 14.4. The Morgan fingerprint density at radius 3 is 2.64 bits per heavy atom. The largest absolute Gasteiger partial charge is 0.495 e. The molecule has 3 saturated carbocycles. The Labute approximate surface area is 327 Å². The molecule has 7 rings (SSSR count). The molecule has 4 fully saturated rings. The quantitative estimate of drug-likeness (QED) is 0.164. The van der Waals surface area contributed by atoms with Crippen molar-refractivity contribution in [2.45, 2.75) is 125 Å². The van der Waals surface area contributed by atoms with Gasteiger partial charge >= 0.3 is 6.09 Å². The predicted molar refractivity (Wildman–Crippen MR) is 209 cm³/mol. The van der Waals surface area contributed by atoms with Crippen LogP contribution >= 0.6 is 0 Å². The van der Waals surface area contributed by atoms with Gasteiger partial charge < -0.3 is 30.1 Å². The van der Waals surface area contributed by atoms with Crippen molar-refractivity contribution in [1.29, 1.82) is 0 Å².